The Bertz CT molecular complexity index is 981. The Kier molecular flexibility index (Phi) is 5.94. The molecule has 2 amide bonds. The minimum atomic E-state index is -0.296. The smallest absolute Gasteiger partial charge is 0.267 e. The number of halogens is 1. The molecule has 0 saturated heterocycles. The van der Waals surface area contributed by atoms with Crippen LogP contribution in [0.15, 0.2) is 35.0 Å². The van der Waals surface area contributed by atoms with Gasteiger partial charge < -0.3 is 10.6 Å². The fraction of sp³-hybridized carbons (Fsp3) is 0.211. The summed E-state index contributed by atoms with van der Waals surface area (Å²) in [5.41, 5.74) is 2.48. The van der Waals surface area contributed by atoms with Gasteiger partial charge in [0.2, 0.25) is 0 Å². The van der Waals surface area contributed by atoms with Crippen molar-refractivity contribution >= 4 is 51.8 Å². The van der Waals surface area contributed by atoms with E-state index in [9.17, 15) is 9.59 Å². The highest BCUT2D eigenvalue weighted by molar-refractivity contribution is 7.17. The number of thiophene rings is 1. The van der Waals surface area contributed by atoms with Crippen molar-refractivity contribution in [2.75, 3.05) is 5.32 Å². The number of carbonyl (C=O) groups is 2. The first-order valence-electron chi connectivity index (χ1n) is 8.27. The van der Waals surface area contributed by atoms with Gasteiger partial charge in [-0.1, -0.05) is 11.6 Å². The van der Waals surface area contributed by atoms with Crippen LogP contribution in [-0.4, -0.2) is 22.8 Å². The Hall–Kier alpha value is -2.22. The average molecular weight is 420 g/mol. The molecule has 0 fully saturated rings. The van der Waals surface area contributed by atoms with Crippen molar-refractivity contribution in [3.05, 3.63) is 56.2 Å². The standard InChI is InChI=1S/C19H18ClN3O2S2/c1-10(2)21-17(24)12-4-5-14(20)15(8-12)23-18(25)16-11(3)22-19(27-16)13-6-7-26-9-13/h4-10H,1-3H3,(H,21,24)(H,23,25). The highest BCUT2D eigenvalue weighted by Gasteiger charge is 2.18. The molecular weight excluding hydrogens is 402 g/mol. The van der Waals surface area contributed by atoms with Crippen LogP contribution in [0, 0.1) is 6.92 Å². The van der Waals surface area contributed by atoms with Crippen molar-refractivity contribution in [3.63, 3.8) is 0 Å². The summed E-state index contributed by atoms with van der Waals surface area (Å²) in [4.78, 5) is 29.9. The number of rotatable bonds is 5. The number of amides is 2. The number of thiazole rings is 1. The lowest BCUT2D eigenvalue weighted by Gasteiger charge is -2.11. The topological polar surface area (TPSA) is 71.1 Å². The van der Waals surface area contributed by atoms with E-state index in [0.717, 1.165) is 10.6 Å². The lowest BCUT2D eigenvalue weighted by molar-refractivity contribution is 0.0942. The summed E-state index contributed by atoms with van der Waals surface area (Å²) >= 11 is 9.12. The number of nitrogens with one attached hydrogen (secondary N) is 2. The van der Waals surface area contributed by atoms with Gasteiger partial charge in [0.25, 0.3) is 11.8 Å². The molecule has 0 aliphatic rings. The Morgan fingerprint density at radius 3 is 2.63 bits per heavy atom. The second-order valence-corrected chi connectivity index (χ2v) is 8.41. The van der Waals surface area contributed by atoms with E-state index in [4.69, 9.17) is 11.6 Å². The van der Waals surface area contributed by atoms with Crippen LogP contribution < -0.4 is 10.6 Å². The Morgan fingerprint density at radius 2 is 1.96 bits per heavy atom. The molecule has 0 saturated carbocycles. The number of hydrogen-bond donors (Lipinski definition) is 2. The fourth-order valence-electron chi connectivity index (χ4n) is 2.40. The summed E-state index contributed by atoms with van der Waals surface area (Å²) in [5.74, 6) is -0.513. The number of carbonyl (C=O) groups excluding carboxylic acids is 2. The summed E-state index contributed by atoms with van der Waals surface area (Å²) in [6.45, 7) is 5.57. The largest absolute Gasteiger partial charge is 0.350 e. The zero-order valence-electron chi connectivity index (χ0n) is 15.0. The highest BCUT2D eigenvalue weighted by Crippen LogP contribution is 2.31. The van der Waals surface area contributed by atoms with Crippen molar-refractivity contribution in [2.24, 2.45) is 0 Å². The molecule has 0 bridgehead atoms. The van der Waals surface area contributed by atoms with Gasteiger partial charge in [0.05, 0.1) is 16.4 Å². The predicted molar refractivity (Wildman–Crippen MR) is 112 cm³/mol. The van der Waals surface area contributed by atoms with Crippen LogP contribution >= 0.6 is 34.3 Å². The zero-order chi connectivity index (χ0) is 19.6. The Labute approximate surface area is 170 Å². The molecule has 0 aliphatic carbocycles. The molecule has 8 heteroatoms. The Balaban J connectivity index is 1.83. The summed E-state index contributed by atoms with van der Waals surface area (Å²) in [7, 11) is 0. The first-order valence-corrected chi connectivity index (χ1v) is 10.4. The van der Waals surface area contributed by atoms with Gasteiger partial charge >= 0.3 is 0 Å². The molecule has 0 aliphatic heterocycles. The molecule has 140 valence electrons. The van der Waals surface area contributed by atoms with E-state index in [1.54, 1.807) is 36.5 Å². The van der Waals surface area contributed by atoms with Gasteiger partial charge in [-0.25, -0.2) is 4.98 Å². The number of aromatic nitrogens is 1. The van der Waals surface area contributed by atoms with Gasteiger partial charge in [-0.3, -0.25) is 9.59 Å². The van der Waals surface area contributed by atoms with E-state index in [-0.39, 0.29) is 17.9 Å². The summed E-state index contributed by atoms with van der Waals surface area (Å²) in [5, 5.41) is 10.7. The number of nitrogens with zero attached hydrogens (tertiary/aromatic N) is 1. The molecule has 2 N–H and O–H groups in total. The second kappa shape index (κ2) is 8.21. The molecule has 3 aromatic rings. The van der Waals surface area contributed by atoms with E-state index in [0.29, 0.717) is 26.8 Å². The van der Waals surface area contributed by atoms with E-state index < -0.39 is 0 Å². The number of benzene rings is 1. The number of anilines is 1. The SMILES string of the molecule is Cc1nc(-c2ccsc2)sc1C(=O)Nc1cc(C(=O)NC(C)C)ccc1Cl. The van der Waals surface area contributed by atoms with E-state index >= 15 is 0 Å². The first kappa shape index (κ1) is 19.5. The third-order valence-electron chi connectivity index (χ3n) is 3.67. The molecular formula is C19H18ClN3O2S2. The van der Waals surface area contributed by atoms with Crippen molar-refractivity contribution in [1.29, 1.82) is 0 Å². The maximum atomic E-state index is 12.7. The van der Waals surface area contributed by atoms with Crippen LogP contribution in [0.2, 0.25) is 5.02 Å². The van der Waals surface area contributed by atoms with Gasteiger partial charge in [-0.15, -0.1) is 11.3 Å². The van der Waals surface area contributed by atoms with Gasteiger partial charge in [0.15, 0.2) is 0 Å². The molecule has 0 spiro atoms. The molecule has 2 aromatic heterocycles. The van der Waals surface area contributed by atoms with Crippen LogP contribution in [0.5, 0.6) is 0 Å². The van der Waals surface area contributed by atoms with Gasteiger partial charge in [0, 0.05) is 22.5 Å². The second-order valence-electron chi connectivity index (χ2n) is 6.22. The molecule has 3 rings (SSSR count). The Morgan fingerprint density at radius 1 is 1.19 bits per heavy atom. The quantitative estimate of drug-likeness (QED) is 0.595. The van der Waals surface area contributed by atoms with Crippen LogP contribution in [0.3, 0.4) is 0 Å². The van der Waals surface area contributed by atoms with E-state index in [1.807, 2.05) is 30.7 Å². The van der Waals surface area contributed by atoms with Gasteiger partial charge in [-0.2, -0.15) is 11.3 Å². The third-order valence-corrected chi connectivity index (χ3v) is 5.89. The van der Waals surface area contributed by atoms with Gasteiger partial charge in [-0.05, 0) is 50.4 Å². The normalized spacial score (nSPS) is 10.9. The number of hydrogen-bond acceptors (Lipinski definition) is 5. The van der Waals surface area contributed by atoms with E-state index in [2.05, 4.69) is 15.6 Å². The fourth-order valence-corrected chi connectivity index (χ4v) is 4.24. The molecule has 5 nitrogen and oxygen atoms in total. The summed E-state index contributed by atoms with van der Waals surface area (Å²) in [6, 6.07) is 6.79. The van der Waals surface area contributed by atoms with Crippen LogP contribution in [0.4, 0.5) is 5.69 Å². The lowest BCUT2D eigenvalue weighted by atomic mass is 10.1. The summed E-state index contributed by atoms with van der Waals surface area (Å²) < 4.78 is 0. The maximum Gasteiger partial charge on any atom is 0.267 e. The van der Waals surface area contributed by atoms with Crippen LogP contribution in [0.1, 0.15) is 39.6 Å². The molecule has 0 atom stereocenters. The molecule has 2 heterocycles. The first-order chi connectivity index (χ1) is 12.8. The monoisotopic (exact) mass is 419 g/mol. The van der Waals surface area contributed by atoms with Crippen LogP contribution in [-0.2, 0) is 0 Å². The van der Waals surface area contributed by atoms with Crippen molar-refractivity contribution < 1.29 is 9.59 Å². The maximum absolute atomic E-state index is 12.7. The molecule has 0 radical (unpaired) electrons. The number of aryl methyl sites for hydroxylation is 1. The minimum absolute atomic E-state index is 0.0154. The third kappa shape index (κ3) is 4.55. The predicted octanol–water partition coefficient (Wildman–Crippen LogP) is 5.22. The molecule has 0 unspecified atom stereocenters. The molecule has 1 aromatic carbocycles. The van der Waals surface area contributed by atoms with Crippen molar-refractivity contribution in [1.82, 2.24) is 10.3 Å². The molecule has 27 heavy (non-hydrogen) atoms. The van der Waals surface area contributed by atoms with Crippen LogP contribution in [0.25, 0.3) is 10.6 Å². The highest BCUT2D eigenvalue weighted by atomic mass is 35.5. The van der Waals surface area contributed by atoms with Crippen molar-refractivity contribution in [2.45, 2.75) is 26.8 Å². The average Bonchev–Trinajstić information content (AvgIpc) is 3.25. The summed E-state index contributed by atoms with van der Waals surface area (Å²) in [6.07, 6.45) is 0. The zero-order valence-corrected chi connectivity index (χ0v) is 17.4. The van der Waals surface area contributed by atoms with Crippen molar-refractivity contribution in [3.8, 4) is 10.6 Å². The van der Waals surface area contributed by atoms with Gasteiger partial charge in [0.1, 0.15) is 9.88 Å². The van der Waals surface area contributed by atoms with E-state index in [1.165, 1.54) is 11.3 Å². The lowest BCUT2D eigenvalue weighted by Crippen LogP contribution is -2.30. The minimum Gasteiger partial charge on any atom is -0.350 e.